The molecule has 0 aromatic heterocycles. The number of aliphatic hydroxyl groups excluding tert-OH is 1. The molecule has 1 saturated carbocycles. The fraction of sp³-hybridized carbons (Fsp3) is 1.00. The molecular formula is C12H24N2O. The summed E-state index contributed by atoms with van der Waals surface area (Å²) in [5.41, 5.74) is 0. The topological polar surface area (TPSA) is 44.3 Å². The summed E-state index contributed by atoms with van der Waals surface area (Å²) in [7, 11) is 0. The number of aliphatic hydroxyl groups is 1. The largest absolute Gasteiger partial charge is 0.392 e. The number of rotatable bonds is 3. The Morgan fingerprint density at radius 3 is 2.60 bits per heavy atom. The van der Waals surface area contributed by atoms with E-state index >= 15 is 0 Å². The Kier molecular flexibility index (Phi) is 4.42. The van der Waals surface area contributed by atoms with Crippen molar-refractivity contribution in [3.05, 3.63) is 0 Å². The third kappa shape index (κ3) is 3.44. The van der Waals surface area contributed by atoms with Crippen molar-refractivity contribution in [2.45, 2.75) is 63.1 Å². The monoisotopic (exact) mass is 212 g/mol. The van der Waals surface area contributed by atoms with Crippen molar-refractivity contribution >= 4 is 0 Å². The van der Waals surface area contributed by atoms with Crippen LogP contribution >= 0.6 is 0 Å². The van der Waals surface area contributed by atoms with Gasteiger partial charge in [0.2, 0.25) is 0 Å². The van der Waals surface area contributed by atoms with Crippen LogP contribution in [0.1, 0.15) is 44.9 Å². The lowest BCUT2D eigenvalue weighted by Crippen LogP contribution is -2.49. The Balaban J connectivity index is 1.67. The summed E-state index contributed by atoms with van der Waals surface area (Å²) < 4.78 is 0. The fourth-order valence-electron chi connectivity index (χ4n) is 2.74. The van der Waals surface area contributed by atoms with E-state index in [0.717, 1.165) is 19.4 Å². The molecule has 3 N–H and O–H groups in total. The van der Waals surface area contributed by atoms with Crippen molar-refractivity contribution < 1.29 is 5.11 Å². The van der Waals surface area contributed by atoms with Crippen LogP contribution in [0.2, 0.25) is 0 Å². The van der Waals surface area contributed by atoms with Crippen molar-refractivity contribution in [3.63, 3.8) is 0 Å². The molecule has 1 aliphatic carbocycles. The summed E-state index contributed by atoms with van der Waals surface area (Å²) in [6.45, 7) is 2.20. The van der Waals surface area contributed by atoms with Crippen LogP contribution < -0.4 is 10.6 Å². The maximum Gasteiger partial charge on any atom is 0.0693 e. The van der Waals surface area contributed by atoms with Crippen LogP contribution in [0.25, 0.3) is 0 Å². The zero-order valence-electron chi connectivity index (χ0n) is 9.54. The van der Waals surface area contributed by atoms with Crippen LogP contribution in [0, 0.1) is 0 Å². The van der Waals surface area contributed by atoms with Gasteiger partial charge in [0.1, 0.15) is 0 Å². The van der Waals surface area contributed by atoms with Crippen molar-refractivity contribution in [3.8, 4) is 0 Å². The van der Waals surface area contributed by atoms with Crippen molar-refractivity contribution in [1.82, 2.24) is 10.6 Å². The predicted octanol–water partition coefficient (Wildman–Crippen LogP) is 1.02. The molecule has 0 aromatic rings. The second-order valence-electron chi connectivity index (χ2n) is 5.01. The van der Waals surface area contributed by atoms with Gasteiger partial charge >= 0.3 is 0 Å². The van der Waals surface area contributed by atoms with Gasteiger partial charge in [-0.25, -0.2) is 0 Å². The summed E-state index contributed by atoms with van der Waals surface area (Å²) in [4.78, 5) is 0. The fourth-order valence-corrected chi connectivity index (χ4v) is 2.74. The van der Waals surface area contributed by atoms with Gasteiger partial charge in [0.05, 0.1) is 6.10 Å². The van der Waals surface area contributed by atoms with Gasteiger partial charge in [-0.3, -0.25) is 0 Å². The number of hydrogen-bond donors (Lipinski definition) is 3. The Hall–Kier alpha value is -0.120. The SMILES string of the molecule is OC1CCCCC1NCC1CCCCN1. The molecule has 0 amide bonds. The average molecular weight is 212 g/mol. The van der Waals surface area contributed by atoms with Crippen LogP contribution in [0.4, 0.5) is 0 Å². The minimum absolute atomic E-state index is 0.109. The van der Waals surface area contributed by atoms with E-state index in [1.807, 2.05) is 0 Å². The molecule has 1 heterocycles. The molecular weight excluding hydrogens is 188 g/mol. The first-order chi connectivity index (χ1) is 7.36. The van der Waals surface area contributed by atoms with E-state index in [0.29, 0.717) is 12.1 Å². The van der Waals surface area contributed by atoms with Gasteiger partial charge in [-0.1, -0.05) is 19.3 Å². The molecule has 2 fully saturated rings. The minimum atomic E-state index is -0.109. The van der Waals surface area contributed by atoms with E-state index in [-0.39, 0.29) is 6.10 Å². The van der Waals surface area contributed by atoms with Gasteiger partial charge in [-0.15, -0.1) is 0 Å². The van der Waals surface area contributed by atoms with E-state index < -0.39 is 0 Å². The highest BCUT2D eigenvalue weighted by Crippen LogP contribution is 2.18. The molecule has 0 spiro atoms. The molecule has 0 bridgehead atoms. The van der Waals surface area contributed by atoms with Crippen LogP contribution in [-0.4, -0.2) is 36.4 Å². The van der Waals surface area contributed by atoms with E-state index in [1.165, 1.54) is 38.6 Å². The molecule has 3 nitrogen and oxygen atoms in total. The van der Waals surface area contributed by atoms with Gasteiger partial charge in [0, 0.05) is 18.6 Å². The number of nitrogens with one attached hydrogen (secondary N) is 2. The van der Waals surface area contributed by atoms with Crippen molar-refractivity contribution in [2.24, 2.45) is 0 Å². The van der Waals surface area contributed by atoms with Gasteiger partial charge in [-0.05, 0) is 32.2 Å². The quantitative estimate of drug-likeness (QED) is 0.654. The molecule has 1 aliphatic heterocycles. The van der Waals surface area contributed by atoms with Crippen LogP contribution in [0.5, 0.6) is 0 Å². The normalized spacial score (nSPS) is 37.8. The second-order valence-corrected chi connectivity index (χ2v) is 5.01. The molecule has 2 rings (SSSR count). The Morgan fingerprint density at radius 2 is 1.87 bits per heavy atom. The number of piperidine rings is 1. The Morgan fingerprint density at radius 1 is 1.07 bits per heavy atom. The third-order valence-corrected chi connectivity index (χ3v) is 3.77. The zero-order chi connectivity index (χ0) is 10.5. The zero-order valence-corrected chi connectivity index (χ0v) is 9.54. The summed E-state index contributed by atoms with van der Waals surface area (Å²) in [5, 5.41) is 16.9. The maximum absolute atomic E-state index is 9.82. The lowest BCUT2D eigenvalue weighted by Gasteiger charge is -2.31. The van der Waals surface area contributed by atoms with E-state index in [9.17, 15) is 5.11 Å². The van der Waals surface area contributed by atoms with Crippen LogP contribution in [-0.2, 0) is 0 Å². The third-order valence-electron chi connectivity index (χ3n) is 3.77. The second kappa shape index (κ2) is 5.83. The summed E-state index contributed by atoms with van der Waals surface area (Å²) in [6, 6.07) is 0.982. The smallest absolute Gasteiger partial charge is 0.0693 e. The van der Waals surface area contributed by atoms with Gasteiger partial charge in [-0.2, -0.15) is 0 Å². The van der Waals surface area contributed by atoms with Gasteiger partial charge < -0.3 is 15.7 Å². The van der Waals surface area contributed by atoms with Crippen LogP contribution in [0.15, 0.2) is 0 Å². The molecule has 88 valence electrons. The van der Waals surface area contributed by atoms with E-state index in [2.05, 4.69) is 10.6 Å². The minimum Gasteiger partial charge on any atom is -0.392 e. The first kappa shape index (κ1) is 11.4. The first-order valence-corrected chi connectivity index (χ1v) is 6.51. The highest BCUT2D eigenvalue weighted by molar-refractivity contribution is 4.83. The molecule has 0 radical (unpaired) electrons. The lowest BCUT2D eigenvalue weighted by atomic mass is 9.92. The molecule has 1 saturated heterocycles. The molecule has 2 aliphatic rings. The highest BCUT2D eigenvalue weighted by Gasteiger charge is 2.23. The van der Waals surface area contributed by atoms with E-state index in [4.69, 9.17) is 0 Å². The Labute approximate surface area is 92.6 Å². The Bertz CT molecular complexity index is 180. The first-order valence-electron chi connectivity index (χ1n) is 6.51. The van der Waals surface area contributed by atoms with Crippen molar-refractivity contribution in [2.75, 3.05) is 13.1 Å². The summed E-state index contributed by atoms with van der Waals surface area (Å²) in [6.07, 6.45) is 8.45. The van der Waals surface area contributed by atoms with Gasteiger partial charge in [0.15, 0.2) is 0 Å². The molecule has 3 heteroatoms. The maximum atomic E-state index is 9.82. The van der Waals surface area contributed by atoms with Crippen LogP contribution in [0.3, 0.4) is 0 Å². The van der Waals surface area contributed by atoms with Crippen molar-refractivity contribution in [1.29, 1.82) is 0 Å². The predicted molar refractivity (Wildman–Crippen MR) is 61.9 cm³/mol. The molecule has 0 aromatic carbocycles. The number of hydrogen-bond acceptors (Lipinski definition) is 3. The average Bonchev–Trinajstić information content (AvgIpc) is 2.29. The summed E-state index contributed by atoms with van der Waals surface area (Å²) >= 11 is 0. The standard InChI is InChI=1S/C12H24N2O/c15-12-7-2-1-6-11(12)14-9-10-5-3-4-8-13-10/h10-15H,1-9H2. The molecule has 3 unspecified atom stereocenters. The van der Waals surface area contributed by atoms with Gasteiger partial charge in [0.25, 0.3) is 0 Å². The van der Waals surface area contributed by atoms with E-state index in [1.54, 1.807) is 0 Å². The lowest BCUT2D eigenvalue weighted by molar-refractivity contribution is 0.0892. The summed E-state index contributed by atoms with van der Waals surface area (Å²) in [5.74, 6) is 0. The molecule has 3 atom stereocenters. The highest BCUT2D eigenvalue weighted by atomic mass is 16.3. The molecule has 15 heavy (non-hydrogen) atoms.